The molecule has 7 heteroatoms. The number of benzene rings is 2. The van der Waals surface area contributed by atoms with Crippen molar-refractivity contribution in [3.63, 3.8) is 0 Å². The Bertz CT molecular complexity index is 1140. The number of nitrogens with zero attached hydrogens (tertiary/aromatic N) is 2. The fraction of sp³-hybridized carbons (Fsp3) is 0.192. The van der Waals surface area contributed by atoms with Gasteiger partial charge >= 0.3 is 0 Å². The summed E-state index contributed by atoms with van der Waals surface area (Å²) in [6, 6.07) is 19.3. The Morgan fingerprint density at radius 1 is 1.03 bits per heavy atom. The summed E-state index contributed by atoms with van der Waals surface area (Å²) in [5.41, 5.74) is 2.12. The van der Waals surface area contributed by atoms with Crippen LogP contribution < -0.4 is 4.74 Å². The molecule has 1 amide bonds. The summed E-state index contributed by atoms with van der Waals surface area (Å²) in [5.74, 6) is -1.02. The molecule has 0 aliphatic carbocycles. The summed E-state index contributed by atoms with van der Waals surface area (Å²) >= 11 is 0. The Kier molecular flexibility index (Phi) is 6.80. The molecule has 33 heavy (non-hydrogen) atoms. The van der Waals surface area contributed by atoms with Crippen molar-refractivity contribution in [1.82, 2.24) is 9.88 Å². The number of Topliss-reactive ketones (excluding diaryl/α,β-unsaturated/α-hetero) is 1. The van der Waals surface area contributed by atoms with Gasteiger partial charge < -0.3 is 19.5 Å². The van der Waals surface area contributed by atoms with Gasteiger partial charge in [-0.05, 0) is 41.5 Å². The second-order valence-corrected chi connectivity index (χ2v) is 7.57. The average Bonchev–Trinajstić information content (AvgIpc) is 3.12. The Balaban J connectivity index is 1.63. The number of carbonyl (C=O) groups is 2. The number of ketones is 1. The molecule has 2 heterocycles. The predicted molar refractivity (Wildman–Crippen MR) is 122 cm³/mol. The third-order valence-corrected chi connectivity index (χ3v) is 5.45. The Hall–Kier alpha value is -3.97. The number of hydrogen-bond donors (Lipinski definition) is 1. The molecular weight excluding hydrogens is 420 g/mol. The van der Waals surface area contributed by atoms with Crippen LogP contribution in [-0.2, 0) is 20.9 Å². The number of ether oxygens (including phenoxy) is 2. The minimum atomic E-state index is -0.747. The molecule has 1 N–H and O–H groups in total. The first-order valence-corrected chi connectivity index (χ1v) is 10.5. The molecule has 1 aliphatic rings. The van der Waals surface area contributed by atoms with Gasteiger partial charge in [0.25, 0.3) is 11.7 Å². The molecule has 1 aromatic heterocycles. The lowest BCUT2D eigenvalue weighted by atomic mass is 9.96. The van der Waals surface area contributed by atoms with Crippen LogP contribution >= 0.6 is 0 Å². The van der Waals surface area contributed by atoms with E-state index in [0.717, 1.165) is 5.56 Å². The molecule has 2 aromatic carbocycles. The minimum Gasteiger partial charge on any atom is -0.507 e. The minimum absolute atomic E-state index is 0.0297. The smallest absolute Gasteiger partial charge is 0.295 e. The number of aliphatic hydroxyl groups is 1. The van der Waals surface area contributed by atoms with E-state index in [1.54, 1.807) is 48.8 Å². The van der Waals surface area contributed by atoms with Gasteiger partial charge in [-0.25, -0.2) is 0 Å². The third-order valence-electron chi connectivity index (χ3n) is 5.45. The van der Waals surface area contributed by atoms with Gasteiger partial charge in [-0.2, -0.15) is 0 Å². The van der Waals surface area contributed by atoms with Crippen molar-refractivity contribution >= 4 is 17.4 Å². The van der Waals surface area contributed by atoms with E-state index in [-0.39, 0.29) is 24.5 Å². The standard InChI is InChI=1S/C26H24N2O5/c1-32-15-14-28-23(20-8-5-13-27-16-20)22(25(30)26(28)31)24(29)19-9-11-21(12-10-19)33-17-18-6-3-2-4-7-18/h2-13,16,23,29H,14-15,17H2,1H3/b24-22+. The second kappa shape index (κ2) is 10.1. The van der Waals surface area contributed by atoms with Crippen LogP contribution in [0.1, 0.15) is 22.7 Å². The van der Waals surface area contributed by atoms with E-state index in [0.29, 0.717) is 23.5 Å². The molecule has 0 radical (unpaired) electrons. The fourth-order valence-electron chi connectivity index (χ4n) is 3.79. The maximum Gasteiger partial charge on any atom is 0.295 e. The molecule has 1 atom stereocenters. The number of aromatic nitrogens is 1. The number of rotatable bonds is 8. The summed E-state index contributed by atoms with van der Waals surface area (Å²) in [6.45, 7) is 0.888. The molecule has 1 saturated heterocycles. The van der Waals surface area contributed by atoms with Crippen molar-refractivity contribution in [2.24, 2.45) is 0 Å². The molecular formula is C26H24N2O5. The molecule has 0 saturated carbocycles. The van der Waals surface area contributed by atoms with Crippen molar-refractivity contribution < 1.29 is 24.2 Å². The van der Waals surface area contributed by atoms with Crippen LogP contribution in [0.25, 0.3) is 5.76 Å². The van der Waals surface area contributed by atoms with Gasteiger partial charge in [-0.3, -0.25) is 14.6 Å². The Morgan fingerprint density at radius 3 is 2.45 bits per heavy atom. The van der Waals surface area contributed by atoms with E-state index in [1.165, 1.54) is 12.0 Å². The van der Waals surface area contributed by atoms with Crippen LogP contribution in [0.3, 0.4) is 0 Å². The number of amides is 1. The van der Waals surface area contributed by atoms with Crippen molar-refractivity contribution in [3.05, 3.63) is 101 Å². The highest BCUT2D eigenvalue weighted by atomic mass is 16.5. The highest BCUT2D eigenvalue weighted by molar-refractivity contribution is 6.46. The van der Waals surface area contributed by atoms with Crippen LogP contribution in [-0.4, -0.2) is 46.9 Å². The van der Waals surface area contributed by atoms with Crippen LogP contribution in [0.2, 0.25) is 0 Å². The summed E-state index contributed by atoms with van der Waals surface area (Å²) < 4.78 is 10.9. The molecule has 0 spiro atoms. The van der Waals surface area contributed by atoms with Gasteiger partial charge in [0.15, 0.2) is 0 Å². The first-order valence-electron chi connectivity index (χ1n) is 10.5. The Labute approximate surface area is 191 Å². The van der Waals surface area contributed by atoms with Gasteiger partial charge in [-0.15, -0.1) is 0 Å². The van der Waals surface area contributed by atoms with Crippen LogP contribution in [0.15, 0.2) is 84.7 Å². The zero-order chi connectivity index (χ0) is 23.2. The van der Waals surface area contributed by atoms with Crippen molar-refractivity contribution in [2.75, 3.05) is 20.3 Å². The van der Waals surface area contributed by atoms with Crippen molar-refractivity contribution in [2.45, 2.75) is 12.6 Å². The fourth-order valence-corrected chi connectivity index (χ4v) is 3.79. The normalized spacial score (nSPS) is 17.4. The maximum atomic E-state index is 12.9. The molecule has 7 nitrogen and oxygen atoms in total. The second-order valence-electron chi connectivity index (χ2n) is 7.57. The Morgan fingerprint density at radius 2 is 1.79 bits per heavy atom. The van der Waals surface area contributed by atoms with E-state index < -0.39 is 17.7 Å². The van der Waals surface area contributed by atoms with Crippen LogP contribution in [0, 0.1) is 0 Å². The molecule has 1 unspecified atom stereocenters. The third kappa shape index (κ3) is 4.78. The average molecular weight is 444 g/mol. The van der Waals surface area contributed by atoms with E-state index in [9.17, 15) is 14.7 Å². The predicted octanol–water partition coefficient (Wildman–Crippen LogP) is 3.73. The number of hydrogen-bond acceptors (Lipinski definition) is 6. The van der Waals surface area contributed by atoms with E-state index in [1.807, 2.05) is 30.3 Å². The lowest BCUT2D eigenvalue weighted by Crippen LogP contribution is -2.32. The molecule has 1 fully saturated rings. The number of aliphatic hydroxyl groups excluding tert-OH is 1. The zero-order valence-electron chi connectivity index (χ0n) is 18.2. The quantitative estimate of drug-likeness (QED) is 0.324. The molecule has 3 aromatic rings. The number of methoxy groups -OCH3 is 1. The largest absolute Gasteiger partial charge is 0.507 e. The highest BCUT2D eigenvalue weighted by Crippen LogP contribution is 2.39. The first kappa shape index (κ1) is 22.2. The monoisotopic (exact) mass is 444 g/mol. The molecule has 1 aliphatic heterocycles. The highest BCUT2D eigenvalue weighted by Gasteiger charge is 2.45. The van der Waals surface area contributed by atoms with Gasteiger partial charge in [0.05, 0.1) is 18.2 Å². The van der Waals surface area contributed by atoms with E-state index in [2.05, 4.69) is 4.98 Å². The van der Waals surface area contributed by atoms with Crippen LogP contribution in [0.4, 0.5) is 0 Å². The molecule has 168 valence electrons. The first-order chi connectivity index (χ1) is 16.1. The lowest BCUT2D eigenvalue weighted by Gasteiger charge is -2.24. The molecule has 4 rings (SSSR count). The van der Waals surface area contributed by atoms with E-state index >= 15 is 0 Å². The SMILES string of the molecule is COCCN1C(=O)C(=O)/C(=C(/O)c2ccc(OCc3ccccc3)cc2)C1c1cccnc1. The number of likely N-dealkylation sites (tertiary alicyclic amines) is 1. The summed E-state index contributed by atoms with van der Waals surface area (Å²) in [7, 11) is 1.52. The summed E-state index contributed by atoms with van der Waals surface area (Å²) in [6.07, 6.45) is 3.20. The van der Waals surface area contributed by atoms with Gasteiger partial charge in [0.2, 0.25) is 0 Å². The van der Waals surface area contributed by atoms with Gasteiger partial charge in [0, 0.05) is 31.6 Å². The lowest BCUT2D eigenvalue weighted by molar-refractivity contribution is -0.140. The number of carbonyl (C=O) groups excluding carboxylic acids is 2. The number of pyridine rings is 1. The van der Waals surface area contributed by atoms with Crippen LogP contribution in [0.5, 0.6) is 5.75 Å². The van der Waals surface area contributed by atoms with Crippen molar-refractivity contribution in [1.29, 1.82) is 0 Å². The zero-order valence-corrected chi connectivity index (χ0v) is 18.2. The van der Waals surface area contributed by atoms with Crippen molar-refractivity contribution in [3.8, 4) is 5.75 Å². The van der Waals surface area contributed by atoms with E-state index in [4.69, 9.17) is 9.47 Å². The maximum absolute atomic E-state index is 12.9. The van der Waals surface area contributed by atoms with Gasteiger partial charge in [0.1, 0.15) is 18.1 Å². The summed E-state index contributed by atoms with van der Waals surface area (Å²) in [4.78, 5) is 31.2. The summed E-state index contributed by atoms with van der Waals surface area (Å²) in [5, 5.41) is 11.1. The molecule has 0 bridgehead atoms. The topological polar surface area (TPSA) is 89.0 Å². The van der Waals surface area contributed by atoms with Gasteiger partial charge in [-0.1, -0.05) is 36.4 Å².